The number of aliphatic hydroxyl groups excluding tert-OH is 1. The number of piperidine rings is 2. The molecule has 2 aromatic carbocycles. The molecule has 3 nitrogen and oxygen atoms in total. The van der Waals surface area contributed by atoms with Gasteiger partial charge in [-0.2, -0.15) is 0 Å². The summed E-state index contributed by atoms with van der Waals surface area (Å²) in [5.74, 6) is 0.683. The van der Waals surface area contributed by atoms with E-state index in [1.807, 2.05) is 0 Å². The van der Waals surface area contributed by atoms with Crippen LogP contribution in [0.3, 0.4) is 0 Å². The predicted molar refractivity (Wildman–Crippen MR) is 106 cm³/mol. The molecular formula is C23H30N2O. The third kappa shape index (κ3) is 4.17. The van der Waals surface area contributed by atoms with Crippen molar-refractivity contribution in [3.05, 3.63) is 71.8 Å². The third-order valence-corrected chi connectivity index (χ3v) is 6.15. The summed E-state index contributed by atoms with van der Waals surface area (Å²) < 4.78 is 0. The van der Waals surface area contributed by atoms with Gasteiger partial charge in [0.05, 0.1) is 6.10 Å². The second kappa shape index (κ2) is 8.34. The maximum Gasteiger partial charge on any atom is 0.0822 e. The van der Waals surface area contributed by atoms with Crippen molar-refractivity contribution in [1.29, 1.82) is 0 Å². The summed E-state index contributed by atoms with van der Waals surface area (Å²) in [4.78, 5) is 4.94. The van der Waals surface area contributed by atoms with Gasteiger partial charge in [0.25, 0.3) is 0 Å². The van der Waals surface area contributed by atoms with Gasteiger partial charge in [-0.1, -0.05) is 60.7 Å². The van der Waals surface area contributed by atoms with Crippen LogP contribution in [0, 0.1) is 0 Å². The summed E-state index contributed by atoms with van der Waals surface area (Å²) in [5, 5.41) is 10.8. The molecule has 2 atom stereocenters. The molecule has 0 amide bonds. The van der Waals surface area contributed by atoms with Crippen molar-refractivity contribution in [1.82, 2.24) is 9.80 Å². The molecule has 3 heteroatoms. The minimum atomic E-state index is -0.235. The molecule has 0 spiro atoms. The van der Waals surface area contributed by atoms with E-state index in [9.17, 15) is 5.11 Å². The maximum atomic E-state index is 10.8. The van der Waals surface area contributed by atoms with Crippen molar-refractivity contribution in [2.45, 2.75) is 43.9 Å². The minimum Gasteiger partial charge on any atom is -0.390 e. The Kier molecular flexibility index (Phi) is 5.68. The smallest absolute Gasteiger partial charge is 0.0822 e. The van der Waals surface area contributed by atoms with E-state index >= 15 is 0 Å². The Balaban J connectivity index is 1.29. The van der Waals surface area contributed by atoms with E-state index < -0.39 is 0 Å². The van der Waals surface area contributed by atoms with Crippen molar-refractivity contribution in [3.8, 4) is 0 Å². The molecule has 2 saturated heterocycles. The van der Waals surface area contributed by atoms with E-state index in [1.54, 1.807) is 0 Å². The first-order chi connectivity index (χ1) is 12.8. The molecule has 26 heavy (non-hydrogen) atoms. The van der Waals surface area contributed by atoms with E-state index in [1.165, 1.54) is 24.0 Å². The molecule has 0 aromatic heterocycles. The maximum absolute atomic E-state index is 10.8. The van der Waals surface area contributed by atoms with Crippen molar-refractivity contribution < 1.29 is 5.11 Å². The highest BCUT2D eigenvalue weighted by molar-refractivity contribution is 5.20. The van der Waals surface area contributed by atoms with E-state index in [0.717, 1.165) is 39.1 Å². The molecule has 2 fully saturated rings. The van der Waals surface area contributed by atoms with Gasteiger partial charge in [0.15, 0.2) is 0 Å². The highest BCUT2D eigenvalue weighted by Gasteiger charge is 2.34. The standard InChI is InChI=1S/C23H30N2O/c26-23-18-24(17-19-7-3-1-4-8-19)14-13-22(23)25-15-11-21(12-16-25)20-9-5-2-6-10-20/h1-10,21-23,26H,11-18H2/t22-,23-/m1/s1. The van der Waals surface area contributed by atoms with Crippen LogP contribution in [0.2, 0.25) is 0 Å². The molecule has 0 radical (unpaired) electrons. The Morgan fingerprint density at radius 1 is 0.808 bits per heavy atom. The summed E-state index contributed by atoms with van der Waals surface area (Å²) in [6, 6.07) is 21.8. The second-order valence-corrected chi connectivity index (χ2v) is 7.87. The van der Waals surface area contributed by atoms with Gasteiger partial charge in [0, 0.05) is 25.7 Å². The molecule has 0 unspecified atom stereocenters. The van der Waals surface area contributed by atoms with Crippen LogP contribution in [0.4, 0.5) is 0 Å². The lowest BCUT2D eigenvalue weighted by Gasteiger charge is -2.44. The molecule has 1 N–H and O–H groups in total. The number of β-amino-alcohol motifs (C(OH)–C–C–N with tert-alkyl or cyclic N) is 1. The minimum absolute atomic E-state index is 0.235. The van der Waals surface area contributed by atoms with Gasteiger partial charge in [0.1, 0.15) is 0 Å². The monoisotopic (exact) mass is 350 g/mol. The number of aliphatic hydroxyl groups is 1. The van der Waals surface area contributed by atoms with Crippen LogP contribution in [0.25, 0.3) is 0 Å². The zero-order valence-electron chi connectivity index (χ0n) is 15.5. The van der Waals surface area contributed by atoms with Crippen molar-refractivity contribution in [2.24, 2.45) is 0 Å². The molecule has 2 aliphatic rings. The molecule has 0 bridgehead atoms. The normalized spacial score (nSPS) is 26.0. The van der Waals surface area contributed by atoms with Crippen LogP contribution in [0.1, 0.15) is 36.3 Å². The molecule has 0 saturated carbocycles. The number of hydrogen-bond acceptors (Lipinski definition) is 3. The lowest BCUT2D eigenvalue weighted by Crippen LogP contribution is -2.55. The summed E-state index contributed by atoms with van der Waals surface area (Å²) in [7, 11) is 0. The summed E-state index contributed by atoms with van der Waals surface area (Å²) in [6.07, 6.45) is 3.26. The van der Waals surface area contributed by atoms with Gasteiger partial charge in [-0.3, -0.25) is 9.80 Å². The Morgan fingerprint density at radius 3 is 2.12 bits per heavy atom. The Morgan fingerprint density at radius 2 is 1.46 bits per heavy atom. The fourth-order valence-corrected chi connectivity index (χ4v) is 4.69. The van der Waals surface area contributed by atoms with Crippen LogP contribution >= 0.6 is 0 Å². The van der Waals surface area contributed by atoms with Crippen molar-refractivity contribution in [3.63, 3.8) is 0 Å². The molecule has 2 aliphatic heterocycles. The van der Waals surface area contributed by atoms with E-state index in [4.69, 9.17) is 0 Å². The zero-order chi connectivity index (χ0) is 17.8. The fourth-order valence-electron chi connectivity index (χ4n) is 4.69. The van der Waals surface area contributed by atoms with Gasteiger partial charge >= 0.3 is 0 Å². The topological polar surface area (TPSA) is 26.7 Å². The highest BCUT2D eigenvalue weighted by Crippen LogP contribution is 2.30. The first kappa shape index (κ1) is 17.7. The SMILES string of the molecule is O[C@@H]1CN(Cc2ccccc2)CC[C@H]1N1CCC(c2ccccc2)CC1. The molecule has 2 heterocycles. The van der Waals surface area contributed by atoms with E-state index in [0.29, 0.717) is 12.0 Å². The van der Waals surface area contributed by atoms with Gasteiger partial charge in [-0.15, -0.1) is 0 Å². The van der Waals surface area contributed by atoms with Gasteiger partial charge in [0.2, 0.25) is 0 Å². The molecule has 0 aliphatic carbocycles. The Hall–Kier alpha value is -1.68. The van der Waals surface area contributed by atoms with Crippen LogP contribution in [-0.2, 0) is 6.54 Å². The van der Waals surface area contributed by atoms with Crippen molar-refractivity contribution in [2.75, 3.05) is 26.2 Å². The van der Waals surface area contributed by atoms with Gasteiger partial charge in [-0.25, -0.2) is 0 Å². The van der Waals surface area contributed by atoms with Crippen LogP contribution in [0.15, 0.2) is 60.7 Å². The first-order valence-corrected chi connectivity index (χ1v) is 10.0. The van der Waals surface area contributed by atoms with Crippen LogP contribution in [-0.4, -0.2) is 53.2 Å². The predicted octanol–water partition coefficient (Wildman–Crippen LogP) is 3.50. The average Bonchev–Trinajstić information content (AvgIpc) is 2.70. The zero-order valence-corrected chi connectivity index (χ0v) is 15.5. The number of rotatable bonds is 4. The quantitative estimate of drug-likeness (QED) is 0.914. The Labute approximate surface area is 157 Å². The van der Waals surface area contributed by atoms with Crippen molar-refractivity contribution >= 4 is 0 Å². The first-order valence-electron chi connectivity index (χ1n) is 10.0. The van der Waals surface area contributed by atoms with Crippen LogP contribution in [0.5, 0.6) is 0 Å². The largest absolute Gasteiger partial charge is 0.390 e. The number of likely N-dealkylation sites (tertiary alicyclic amines) is 2. The number of benzene rings is 2. The summed E-state index contributed by atoms with van der Waals surface area (Å²) >= 11 is 0. The van der Waals surface area contributed by atoms with E-state index in [-0.39, 0.29) is 6.10 Å². The average molecular weight is 351 g/mol. The number of hydrogen-bond donors (Lipinski definition) is 1. The third-order valence-electron chi connectivity index (χ3n) is 6.15. The molecule has 138 valence electrons. The molecular weight excluding hydrogens is 320 g/mol. The number of nitrogens with zero attached hydrogens (tertiary/aromatic N) is 2. The van der Waals surface area contributed by atoms with Crippen LogP contribution < -0.4 is 0 Å². The lowest BCUT2D eigenvalue weighted by molar-refractivity contribution is -0.0231. The molecule has 4 rings (SSSR count). The fraction of sp³-hybridized carbons (Fsp3) is 0.478. The van der Waals surface area contributed by atoms with Gasteiger partial charge in [-0.05, 0) is 49.4 Å². The van der Waals surface area contributed by atoms with E-state index in [2.05, 4.69) is 70.5 Å². The lowest BCUT2D eigenvalue weighted by atomic mass is 9.87. The summed E-state index contributed by atoms with van der Waals surface area (Å²) in [5.41, 5.74) is 2.81. The summed E-state index contributed by atoms with van der Waals surface area (Å²) in [6.45, 7) is 5.04. The Bertz CT molecular complexity index is 667. The molecule has 2 aromatic rings. The second-order valence-electron chi connectivity index (χ2n) is 7.87. The van der Waals surface area contributed by atoms with Gasteiger partial charge < -0.3 is 5.11 Å². The highest BCUT2D eigenvalue weighted by atomic mass is 16.3.